The predicted octanol–water partition coefficient (Wildman–Crippen LogP) is 2.63. The lowest BCUT2D eigenvalue weighted by molar-refractivity contribution is 0.113. The standard InChI is InChI=1S/C15H24ClNO3S/c1-4-15(5-2,11-18)10-17-9-12-13(16)7-6-8-14(12)21(3,19)20/h6-8,17-18H,4-5,9-11H2,1-3H3. The van der Waals surface area contributed by atoms with Gasteiger partial charge >= 0.3 is 0 Å². The summed E-state index contributed by atoms with van der Waals surface area (Å²) in [6.07, 6.45) is 2.89. The molecule has 0 saturated heterocycles. The number of hydrogen-bond acceptors (Lipinski definition) is 4. The largest absolute Gasteiger partial charge is 0.396 e. The van der Waals surface area contributed by atoms with Crippen LogP contribution in [0, 0.1) is 5.41 Å². The van der Waals surface area contributed by atoms with Gasteiger partial charge < -0.3 is 10.4 Å². The zero-order valence-corrected chi connectivity index (χ0v) is 14.4. The monoisotopic (exact) mass is 333 g/mol. The fraction of sp³-hybridized carbons (Fsp3) is 0.600. The molecular formula is C15H24ClNO3S. The van der Waals surface area contributed by atoms with Crippen molar-refractivity contribution in [2.24, 2.45) is 5.41 Å². The lowest BCUT2D eigenvalue weighted by atomic mass is 9.83. The van der Waals surface area contributed by atoms with E-state index >= 15 is 0 Å². The van der Waals surface area contributed by atoms with Gasteiger partial charge in [-0.1, -0.05) is 31.5 Å². The van der Waals surface area contributed by atoms with Crippen molar-refractivity contribution < 1.29 is 13.5 Å². The van der Waals surface area contributed by atoms with Crippen molar-refractivity contribution in [2.75, 3.05) is 19.4 Å². The lowest BCUT2D eigenvalue weighted by Crippen LogP contribution is -2.36. The summed E-state index contributed by atoms with van der Waals surface area (Å²) in [6.45, 7) is 5.17. The molecule has 1 aromatic rings. The van der Waals surface area contributed by atoms with Crippen molar-refractivity contribution in [1.82, 2.24) is 5.32 Å². The molecule has 6 heteroatoms. The molecule has 0 atom stereocenters. The molecule has 0 spiro atoms. The van der Waals surface area contributed by atoms with Crippen LogP contribution < -0.4 is 5.32 Å². The van der Waals surface area contributed by atoms with Gasteiger partial charge in [-0.15, -0.1) is 0 Å². The molecule has 0 saturated carbocycles. The second-order valence-corrected chi connectivity index (χ2v) is 7.85. The highest BCUT2D eigenvalue weighted by Gasteiger charge is 2.25. The van der Waals surface area contributed by atoms with Gasteiger partial charge in [0.1, 0.15) is 0 Å². The Balaban J connectivity index is 2.90. The molecule has 4 nitrogen and oxygen atoms in total. The van der Waals surface area contributed by atoms with E-state index < -0.39 is 9.84 Å². The van der Waals surface area contributed by atoms with E-state index in [4.69, 9.17) is 11.6 Å². The van der Waals surface area contributed by atoms with Crippen LogP contribution in [0.5, 0.6) is 0 Å². The highest BCUT2D eigenvalue weighted by Crippen LogP contribution is 2.26. The zero-order chi connectivity index (χ0) is 16.1. The molecular weight excluding hydrogens is 310 g/mol. The van der Waals surface area contributed by atoms with Gasteiger partial charge in [0, 0.05) is 42.0 Å². The van der Waals surface area contributed by atoms with Crippen LogP contribution in [0.15, 0.2) is 23.1 Å². The van der Waals surface area contributed by atoms with Crippen LogP contribution in [-0.2, 0) is 16.4 Å². The number of aliphatic hydroxyl groups is 1. The van der Waals surface area contributed by atoms with E-state index in [-0.39, 0.29) is 16.9 Å². The van der Waals surface area contributed by atoms with Crippen LogP contribution >= 0.6 is 11.6 Å². The van der Waals surface area contributed by atoms with Crippen LogP contribution in [0.1, 0.15) is 32.3 Å². The highest BCUT2D eigenvalue weighted by molar-refractivity contribution is 7.90. The third-order valence-electron chi connectivity index (χ3n) is 4.11. The third kappa shape index (κ3) is 4.68. The van der Waals surface area contributed by atoms with Crippen molar-refractivity contribution in [2.45, 2.75) is 38.1 Å². The molecule has 2 N–H and O–H groups in total. The smallest absolute Gasteiger partial charge is 0.175 e. The first-order chi connectivity index (χ1) is 9.79. The minimum atomic E-state index is -3.31. The minimum absolute atomic E-state index is 0.106. The van der Waals surface area contributed by atoms with Crippen molar-refractivity contribution in [1.29, 1.82) is 0 Å². The van der Waals surface area contributed by atoms with Crippen molar-refractivity contribution in [3.63, 3.8) is 0 Å². The number of hydrogen-bond donors (Lipinski definition) is 2. The SMILES string of the molecule is CCC(CC)(CO)CNCc1c(Cl)cccc1S(C)(=O)=O. The van der Waals surface area contributed by atoms with Gasteiger partial charge in [0.2, 0.25) is 0 Å². The Morgan fingerprint density at radius 1 is 1.29 bits per heavy atom. The van der Waals surface area contributed by atoms with E-state index in [0.29, 0.717) is 23.7 Å². The summed E-state index contributed by atoms with van der Waals surface area (Å²) in [7, 11) is -3.31. The Morgan fingerprint density at radius 3 is 2.38 bits per heavy atom. The van der Waals surface area contributed by atoms with E-state index in [0.717, 1.165) is 12.8 Å². The summed E-state index contributed by atoms with van der Waals surface area (Å²) in [5.41, 5.74) is 0.410. The van der Waals surface area contributed by atoms with Gasteiger partial charge in [0.15, 0.2) is 9.84 Å². The molecule has 0 aliphatic carbocycles. The fourth-order valence-corrected chi connectivity index (χ4v) is 3.54. The average molecular weight is 334 g/mol. The normalized spacial score (nSPS) is 12.6. The number of benzene rings is 1. The lowest BCUT2D eigenvalue weighted by Gasteiger charge is -2.29. The maximum atomic E-state index is 11.8. The first-order valence-electron chi connectivity index (χ1n) is 7.08. The Labute approximate surface area is 132 Å². The highest BCUT2D eigenvalue weighted by atomic mass is 35.5. The zero-order valence-electron chi connectivity index (χ0n) is 12.8. The number of rotatable bonds is 8. The van der Waals surface area contributed by atoms with Gasteiger partial charge in [-0.05, 0) is 25.0 Å². The van der Waals surface area contributed by atoms with Gasteiger partial charge in [0.25, 0.3) is 0 Å². The molecule has 0 unspecified atom stereocenters. The van der Waals surface area contributed by atoms with Gasteiger partial charge in [0.05, 0.1) is 4.90 Å². The molecule has 1 aromatic carbocycles. The number of halogens is 1. The van der Waals surface area contributed by atoms with Crippen molar-refractivity contribution in [3.05, 3.63) is 28.8 Å². The van der Waals surface area contributed by atoms with E-state index in [9.17, 15) is 13.5 Å². The molecule has 0 bridgehead atoms. The first-order valence-corrected chi connectivity index (χ1v) is 9.35. The number of sulfone groups is 1. The van der Waals surface area contributed by atoms with Gasteiger partial charge in [-0.2, -0.15) is 0 Å². The molecule has 0 aliphatic heterocycles. The summed E-state index contributed by atoms with van der Waals surface area (Å²) < 4.78 is 23.6. The van der Waals surface area contributed by atoms with Crippen LogP contribution in [-0.4, -0.2) is 32.9 Å². The van der Waals surface area contributed by atoms with Crippen LogP contribution in [0.25, 0.3) is 0 Å². The molecule has 0 aliphatic rings. The quantitative estimate of drug-likeness (QED) is 0.767. The average Bonchev–Trinajstić information content (AvgIpc) is 2.44. The second kappa shape index (κ2) is 7.58. The fourth-order valence-electron chi connectivity index (χ4n) is 2.29. The Bertz CT molecular complexity index is 560. The molecule has 0 fully saturated rings. The topological polar surface area (TPSA) is 66.4 Å². The first kappa shape index (κ1) is 18.4. The molecule has 0 amide bonds. The van der Waals surface area contributed by atoms with Crippen LogP contribution in [0.4, 0.5) is 0 Å². The molecule has 1 rings (SSSR count). The summed E-state index contributed by atoms with van der Waals surface area (Å²) in [6, 6.07) is 4.89. The van der Waals surface area contributed by atoms with E-state index in [1.807, 2.05) is 13.8 Å². The second-order valence-electron chi connectivity index (χ2n) is 5.46. The third-order valence-corrected chi connectivity index (χ3v) is 5.65. The molecule has 0 aromatic heterocycles. The molecule has 21 heavy (non-hydrogen) atoms. The Kier molecular flexibility index (Phi) is 6.66. The van der Waals surface area contributed by atoms with E-state index in [1.54, 1.807) is 18.2 Å². The van der Waals surface area contributed by atoms with Crippen molar-refractivity contribution >= 4 is 21.4 Å². The molecule has 0 heterocycles. The number of nitrogens with one attached hydrogen (secondary N) is 1. The minimum Gasteiger partial charge on any atom is -0.396 e. The predicted molar refractivity (Wildman–Crippen MR) is 86.4 cm³/mol. The number of aliphatic hydroxyl groups excluding tert-OH is 1. The summed E-state index contributed by atoms with van der Waals surface area (Å²) in [4.78, 5) is 0.255. The summed E-state index contributed by atoms with van der Waals surface area (Å²) >= 11 is 6.13. The maximum absolute atomic E-state index is 11.8. The molecule has 0 radical (unpaired) electrons. The van der Waals surface area contributed by atoms with Gasteiger partial charge in [-0.3, -0.25) is 0 Å². The summed E-state index contributed by atoms with van der Waals surface area (Å²) in [5.74, 6) is 0. The van der Waals surface area contributed by atoms with E-state index in [2.05, 4.69) is 5.32 Å². The summed E-state index contributed by atoms with van der Waals surface area (Å²) in [5, 5.41) is 13.2. The maximum Gasteiger partial charge on any atom is 0.175 e. The van der Waals surface area contributed by atoms with E-state index in [1.165, 1.54) is 6.26 Å². The van der Waals surface area contributed by atoms with Crippen molar-refractivity contribution in [3.8, 4) is 0 Å². The Hall–Kier alpha value is -0.620. The Morgan fingerprint density at radius 2 is 1.90 bits per heavy atom. The molecule has 120 valence electrons. The van der Waals surface area contributed by atoms with Crippen LogP contribution in [0.3, 0.4) is 0 Å². The van der Waals surface area contributed by atoms with Gasteiger partial charge in [-0.25, -0.2) is 8.42 Å². The van der Waals surface area contributed by atoms with Crippen LogP contribution in [0.2, 0.25) is 5.02 Å².